The van der Waals surface area contributed by atoms with Gasteiger partial charge in [-0.1, -0.05) is 48.5 Å². The maximum absolute atomic E-state index is 12.6. The van der Waals surface area contributed by atoms with Crippen LogP contribution in [0.1, 0.15) is 11.3 Å². The van der Waals surface area contributed by atoms with Crippen LogP contribution in [0, 0.1) is 6.92 Å². The van der Waals surface area contributed by atoms with E-state index in [1.807, 2.05) is 78.3 Å². The van der Waals surface area contributed by atoms with E-state index in [9.17, 15) is 4.79 Å². The zero-order valence-electron chi connectivity index (χ0n) is 15.9. The first-order chi connectivity index (χ1) is 14.2. The Hall–Kier alpha value is -3.86. The maximum atomic E-state index is 12.6. The van der Waals surface area contributed by atoms with Gasteiger partial charge in [0.25, 0.3) is 0 Å². The molecular formula is C24H19N3O2. The van der Waals surface area contributed by atoms with E-state index in [1.54, 1.807) is 0 Å². The molecule has 5 rings (SSSR count). The number of aromatic nitrogens is 2. The number of anilines is 1. The number of hydrogen-bond acceptors (Lipinski definition) is 4. The van der Waals surface area contributed by atoms with Gasteiger partial charge >= 0.3 is 5.63 Å². The highest BCUT2D eigenvalue weighted by atomic mass is 16.4. The van der Waals surface area contributed by atoms with Crippen molar-refractivity contribution in [2.24, 2.45) is 0 Å². The van der Waals surface area contributed by atoms with Gasteiger partial charge in [-0.2, -0.15) is 5.10 Å². The fraction of sp³-hybridized carbons (Fsp3) is 0.0833. The fourth-order valence-corrected chi connectivity index (χ4v) is 3.64. The first-order valence-electron chi connectivity index (χ1n) is 9.50. The third-order valence-electron chi connectivity index (χ3n) is 5.04. The zero-order chi connectivity index (χ0) is 19.8. The number of nitrogens with one attached hydrogen (secondary N) is 1. The predicted octanol–water partition coefficient (Wildman–Crippen LogP) is 5.05. The van der Waals surface area contributed by atoms with E-state index < -0.39 is 0 Å². The van der Waals surface area contributed by atoms with E-state index in [4.69, 9.17) is 4.42 Å². The van der Waals surface area contributed by atoms with E-state index in [0.717, 1.165) is 22.3 Å². The van der Waals surface area contributed by atoms with Crippen molar-refractivity contribution in [3.05, 3.63) is 101 Å². The van der Waals surface area contributed by atoms with Gasteiger partial charge < -0.3 is 9.73 Å². The molecule has 5 aromatic rings. The average molecular weight is 381 g/mol. The zero-order valence-corrected chi connectivity index (χ0v) is 15.9. The molecule has 0 bridgehead atoms. The highest BCUT2D eigenvalue weighted by molar-refractivity contribution is 6.04. The van der Waals surface area contributed by atoms with Crippen molar-refractivity contribution < 1.29 is 4.42 Å². The summed E-state index contributed by atoms with van der Waals surface area (Å²) in [4.78, 5) is 12.6. The molecule has 2 heterocycles. The molecule has 0 saturated heterocycles. The van der Waals surface area contributed by atoms with Crippen LogP contribution in [-0.2, 0) is 6.54 Å². The van der Waals surface area contributed by atoms with Crippen LogP contribution < -0.4 is 10.9 Å². The number of rotatable bonds is 4. The Bertz CT molecular complexity index is 1370. The molecular weight excluding hydrogens is 362 g/mol. The van der Waals surface area contributed by atoms with E-state index >= 15 is 0 Å². The molecule has 0 aliphatic rings. The minimum atomic E-state index is -0.364. The summed E-state index contributed by atoms with van der Waals surface area (Å²) < 4.78 is 7.41. The summed E-state index contributed by atoms with van der Waals surface area (Å²) in [5.74, 6) is 0. The summed E-state index contributed by atoms with van der Waals surface area (Å²) in [6, 6.07) is 25.8. The van der Waals surface area contributed by atoms with Crippen LogP contribution in [0.3, 0.4) is 0 Å². The Kier molecular flexibility index (Phi) is 4.13. The number of nitrogens with zero attached hydrogens (tertiary/aromatic N) is 2. The van der Waals surface area contributed by atoms with Gasteiger partial charge in [-0.3, -0.25) is 0 Å². The van der Waals surface area contributed by atoms with Crippen LogP contribution in [0.2, 0.25) is 0 Å². The number of para-hydroxylation sites is 1. The molecule has 5 heteroatoms. The molecule has 142 valence electrons. The summed E-state index contributed by atoms with van der Waals surface area (Å²) in [7, 11) is 0. The Morgan fingerprint density at radius 3 is 2.45 bits per heavy atom. The Morgan fingerprint density at radius 1 is 0.966 bits per heavy atom. The Balaban J connectivity index is 1.68. The standard InChI is InChI=1S/C24H19N3O2/c1-16-22-23(27(26-16)19-10-6-3-7-11-19)20-14-18(12-13-21(20)29-24(22)28)25-15-17-8-4-2-5-9-17/h2-14,25H,15H2,1H3. The van der Waals surface area contributed by atoms with Gasteiger partial charge in [0.1, 0.15) is 11.0 Å². The highest BCUT2D eigenvalue weighted by Crippen LogP contribution is 2.29. The fourth-order valence-electron chi connectivity index (χ4n) is 3.64. The molecule has 0 radical (unpaired) electrons. The molecule has 0 spiro atoms. The van der Waals surface area contributed by atoms with Crippen molar-refractivity contribution in [2.75, 3.05) is 5.32 Å². The summed E-state index contributed by atoms with van der Waals surface area (Å²) >= 11 is 0. The lowest BCUT2D eigenvalue weighted by atomic mass is 10.1. The van der Waals surface area contributed by atoms with Crippen molar-refractivity contribution >= 4 is 27.6 Å². The average Bonchev–Trinajstić information content (AvgIpc) is 3.12. The van der Waals surface area contributed by atoms with Crippen molar-refractivity contribution in [1.29, 1.82) is 0 Å². The number of fused-ring (bicyclic) bond motifs is 3. The van der Waals surface area contributed by atoms with Crippen LogP contribution in [-0.4, -0.2) is 9.78 Å². The van der Waals surface area contributed by atoms with Crippen molar-refractivity contribution in [1.82, 2.24) is 9.78 Å². The van der Waals surface area contributed by atoms with Crippen LogP contribution in [0.4, 0.5) is 5.69 Å². The predicted molar refractivity (Wildman–Crippen MR) is 116 cm³/mol. The normalized spacial score (nSPS) is 11.2. The first kappa shape index (κ1) is 17.3. The van der Waals surface area contributed by atoms with E-state index in [0.29, 0.717) is 23.2 Å². The van der Waals surface area contributed by atoms with E-state index in [2.05, 4.69) is 22.5 Å². The Labute approximate surface area is 167 Å². The summed E-state index contributed by atoms with van der Waals surface area (Å²) in [6.07, 6.45) is 0. The van der Waals surface area contributed by atoms with Crippen LogP contribution in [0.15, 0.2) is 88.1 Å². The Morgan fingerprint density at radius 2 is 1.69 bits per heavy atom. The lowest BCUT2D eigenvalue weighted by Crippen LogP contribution is -2.03. The molecule has 0 aliphatic carbocycles. The number of hydrogen-bond donors (Lipinski definition) is 1. The molecule has 1 N–H and O–H groups in total. The minimum Gasteiger partial charge on any atom is -0.422 e. The quantitative estimate of drug-likeness (QED) is 0.443. The van der Waals surface area contributed by atoms with Crippen LogP contribution in [0.25, 0.3) is 27.6 Å². The first-order valence-corrected chi connectivity index (χ1v) is 9.50. The molecule has 0 aliphatic heterocycles. The van der Waals surface area contributed by atoms with E-state index in [-0.39, 0.29) is 5.63 Å². The molecule has 2 aromatic heterocycles. The molecule has 29 heavy (non-hydrogen) atoms. The van der Waals surface area contributed by atoms with Gasteiger partial charge in [0, 0.05) is 17.6 Å². The van der Waals surface area contributed by atoms with Gasteiger partial charge in [0.05, 0.1) is 16.9 Å². The third kappa shape index (κ3) is 3.06. The van der Waals surface area contributed by atoms with Crippen molar-refractivity contribution in [2.45, 2.75) is 13.5 Å². The monoisotopic (exact) mass is 381 g/mol. The lowest BCUT2D eigenvalue weighted by Gasteiger charge is -2.09. The smallest absolute Gasteiger partial charge is 0.347 e. The van der Waals surface area contributed by atoms with E-state index in [1.165, 1.54) is 5.56 Å². The van der Waals surface area contributed by atoms with Crippen LogP contribution in [0.5, 0.6) is 0 Å². The lowest BCUT2D eigenvalue weighted by molar-refractivity contribution is 0.569. The van der Waals surface area contributed by atoms with Gasteiger partial charge in [-0.15, -0.1) is 0 Å². The summed E-state index contributed by atoms with van der Waals surface area (Å²) in [6.45, 7) is 2.55. The van der Waals surface area contributed by atoms with Gasteiger partial charge in [0.2, 0.25) is 0 Å². The molecule has 5 nitrogen and oxygen atoms in total. The maximum Gasteiger partial charge on any atom is 0.347 e. The second kappa shape index (κ2) is 6.95. The molecule has 0 atom stereocenters. The van der Waals surface area contributed by atoms with Crippen LogP contribution >= 0.6 is 0 Å². The SMILES string of the molecule is Cc1nn(-c2ccccc2)c2c1c(=O)oc1ccc(NCc3ccccc3)cc12. The second-order valence-corrected chi connectivity index (χ2v) is 7.00. The largest absolute Gasteiger partial charge is 0.422 e. The molecule has 3 aromatic carbocycles. The molecule has 0 fully saturated rings. The number of aryl methyl sites for hydroxylation is 1. The molecule has 0 amide bonds. The third-order valence-corrected chi connectivity index (χ3v) is 5.04. The molecule has 0 unspecified atom stereocenters. The van der Waals surface area contributed by atoms with Crippen molar-refractivity contribution in [3.63, 3.8) is 0 Å². The number of benzene rings is 3. The van der Waals surface area contributed by atoms with Crippen molar-refractivity contribution in [3.8, 4) is 5.69 Å². The minimum absolute atomic E-state index is 0.364. The molecule has 0 saturated carbocycles. The highest BCUT2D eigenvalue weighted by Gasteiger charge is 2.18. The van der Waals surface area contributed by atoms with Gasteiger partial charge in [-0.05, 0) is 42.8 Å². The van der Waals surface area contributed by atoms with Gasteiger partial charge in [0.15, 0.2) is 0 Å². The van der Waals surface area contributed by atoms with Gasteiger partial charge in [-0.25, -0.2) is 9.48 Å². The summed E-state index contributed by atoms with van der Waals surface area (Å²) in [5.41, 5.74) is 4.66. The summed E-state index contributed by atoms with van der Waals surface area (Å²) in [5, 5.41) is 9.44. The topological polar surface area (TPSA) is 60.1 Å². The second-order valence-electron chi connectivity index (χ2n) is 7.00.